The molecule has 86 valence electrons. The van der Waals surface area contributed by atoms with E-state index in [0.29, 0.717) is 0 Å². The van der Waals surface area contributed by atoms with Crippen molar-refractivity contribution in [3.63, 3.8) is 0 Å². The lowest BCUT2D eigenvalue weighted by Gasteiger charge is -2.12. The molecular weight excluding hydrogens is 216 g/mol. The normalized spacial score (nSPS) is 10.2. The molecule has 0 amide bonds. The number of hydrogen-bond acceptors (Lipinski definition) is 4. The number of nitrogens with two attached hydrogens (primary N) is 1. The van der Waals surface area contributed by atoms with Crippen LogP contribution in [0.3, 0.4) is 0 Å². The van der Waals surface area contributed by atoms with E-state index in [1.807, 2.05) is 6.07 Å². The lowest BCUT2D eigenvalue weighted by molar-refractivity contribution is 0.148. The Kier molecular flexibility index (Phi) is 4.14. The number of hydrogen-bond donors (Lipinski definition) is 1. The molecule has 16 heavy (non-hydrogen) atoms. The molecule has 0 aliphatic heterocycles. The number of nitriles is 1. The van der Waals surface area contributed by atoms with Crippen molar-refractivity contribution in [3.8, 4) is 11.9 Å². The fourth-order valence-corrected chi connectivity index (χ4v) is 1.40. The zero-order valence-corrected chi connectivity index (χ0v) is 8.70. The fourth-order valence-electron chi connectivity index (χ4n) is 1.40. The Balaban J connectivity index is 3.36. The van der Waals surface area contributed by atoms with Crippen LogP contribution in [0.4, 0.5) is 8.78 Å². The number of pyridine rings is 1. The molecular formula is C10H11F2N3O. The molecule has 1 aromatic heterocycles. The highest BCUT2D eigenvalue weighted by atomic mass is 19.3. The highest BCUT2D eigenvalue weighted by molar-refractivity contribution is 5.37. The van der Waals surface area contributed by atoms with Gasteiger partial charge in [0.05, 0.1) is 25.3 Å². The Labute approximate surface area is 91.7 Å². The van der Waals surface area contributed by atoms with Gasteiger partial charge in [-0.2, -0.15) is 5.26 Å². The molecule has 0 saturated carbocycles. The van der Waals surface area contributed by atoms with Crippen LogP contribution in [0, 0.1) is 11.3 Å². The van der Waals surface area contributed by atoms with Crippen molar-refractivity contribution in [2.75, 3.05) is 7.11 Å². The molecule has 0 spiro atoms. The first-order valence-electron chi connectivity index (χ1n) is 4.55. The van der Waals surface area contributed by atoms with E-state index in [-0.39, 0.29) is 35.7 Å². The molecule has 6 heteroatoms. The third-order valence-electron chi connectivity index (χ3n) is 2.09. The van der Waals surface area contributed by atoms with Gasteiger partial charge in [-0.05, 0) is 5.56 Å². The molecule has 4 nitrogen and oxygen atoms in total. The van der Waals surface area contributed by atoms with E-state index in [1.165, 1.54) is 13.2 Å². The Hall–Kier alpha value is -1.74. The minimum atomic E-state index is -2.69. The molecule has 0 unspecified atom stereocenters. The maximum Gasteiger partial charge on any atom is 0.265 e. The van der Waals surface area contributed by atoms with Crippen molar-refractivity contribution >= 4 is 0 Å². The Bertz CT molecular complexity index is 415. The summed E-state index contributed by atoms with van der Waals surface area (Å²) in [5.41, 5.74) is 5.37. The zero-order valence-electron chi connectivity index (χ0n) is 8.70. The molecule has 0 saturated heterocycles. The smallest absolute Gasteiger partial charge is 0.265 e. The second-order valence-corrected chi connectivity index (χ2v) is 3.02. The van der Waals surface area contributed by atoms with Crippen LogP contribution in [0.25, 0.3) is 0 Å². The average Bonchev–Trinajstić information content (AvgIpc) is 2.27. The summed E-state index contributed by atoms with van der Waals surface area (Å²) in [6.45, 7) is -0.116. The van der Waals surface area contributed by atoms with E-state index < -0.39 is 6.43 Å². The summed E-state index contributed by atoms with van der Waals surface area (Å²) in [4.78, 5) is 3.84. The number of alkyl halides is 2. The number of aromatic nitrogens is 1. The van der Waals surface area contributed by atoms with Gasteiger partial charge in [-0.1, -0.05) is 0 Å². The maximum absolute atomic E-state index is 12.8. The van der Waals surface area contributed by atoms with E-state index in [1.54, 1.807) is 0 Å². The number of halogens is 2. The second kappa shape index (κ2) is 5.37. The van der Waals surface area contributed by atoms with Crippen molar-refractivity contribution in [1.82, 2.24) is 4.98 Å². The molecule has 1 aromatic rings. The summed E-state index contributed by atoms with van der Waals surface area (Å²) in [6.07, 6.45) is -2.81. The molecule has 0 bridgehead atoms. The van der Waals surface area contributed by atoms with Gasteiger partial charge < -0.3 is 10.5 Å². The van der Waals surface area contributed by atoms with Crippen LogP contribution in [0.15, 0.2) is 6.07 Å². The third kappa shape index (κ3) is 2.44. The van der Waals surface area contributed by atoms with Gasteiger partial charge in [-0.3, -0.25) is 0 Å². The molecule has 1 heterocycles. The van der Waals surface area contributed by atoms with Crippen LogP contribution in [0.5, 0.6) is 5.88 Å². The Morgan fingerprint density at radius 3 is 2.75 bits per heavy atom. The minimum absolute atomic E-state index is 0.0691. The first-order chi connectivity index (χ1) is 7.63. The van der Waals surface area contributed by atoms with Gasteiger partial charge in [0.15, 0.2) is 0 Å². The lowest BCUT2D eigenvalue weighted by atomic mass is 10.0. The predicted octanol–water partition coefficient (Wildman–Crippen LogP) is 1.55. The maximum atomic E-state index is 12.8. The van der Waals surface area contributed by atoms with Gasteiger partial charge in [-0.25, -0.2) is 13.8 Å². The first-order valence-corrected chi connectivity index (χ1v) is 4.55. The lowest BCUT2D eigenvalue weighted by Crippen LogP contribution is -2.09. The number of methoxy groups -OCH3 is 1. The van der Waals surface area contributed by atoms with Gasteiger partial charge in [-0.15, -0.1) is 0 Å². The van der Waals surface area contributed by atoms with Gasteiger partial charge in [0.25, 0.3) is 6.43 Å². The SMILES string of the molecule is COc1cc(CC#N)c(C(F)F)c(CN)n1. The van der Waals surface area contributed by atoms with Crippen LogP contribution in [-0.4, -0.2) is 12.1 Å². The van der Waals surface area contributed by atoms with Crippen molar-refractivity contribution in [3.05, 3.63) is 22.9 Å². The fraction of sp³-hybridized carbons (Fsp3) is 0.400. The quantitative estimate of drug-likeness (QED) is 0.847. The molecule has 0 aromatic carbocycles. The highest BCUT2D eigenvalue weighted by Crippen LogP contribution is 2.28. The number of ether oxygens (including phenoxy) is 1. The molecule has 0 fully saturated rings. The van der Waals surface area contributed by atoms with Gasteiger partial charge in [0.1, 0.15) is 0 Å². The van der Waals surface area contributed by atoms with Crippen LogP contribution in [0.2, 0.25) is 0 Å². The van der Waals surface area contributed by atoms with Crippen LogP contribution in [-0.2, 0) is 13.0 Å². The standard InChI is InChI=1S/C10H11F2N3O/c1-16-8-4-6(2-3-13)9(10(11)12)7(5-14)15-8/h4,10H,2,5,14H2,1H3. The van der Waals surface area contributed by atoms with E-state index in [4.69, 9.17) is 15.7 Å². The van der Waals surface area contributed by atoms with E-state index >= 15 is 0 Å². The summed E-state index contributed by atoms with van der Waals surface area (Å²) >= 11 is 0. The summed E-state index contributed by atoms with van der Waals surface area (Å²) in [5, 5.41) is 8.57. The van der Waals surface area contributed by atoms with Gasteiger partial charge >= 0.3 is 0 Å². The van der Waals surface area contributed by atoms with Gasteiger partial charge in [0.2, 0.25) is 5.88 Å². The van der Waals surface area contributed by atoms with Crippen molar-refractivity contribution in [1.29, 1.82) is 5.26 Å². The van der Waals surface area contributed by atoms with Crippen molar-refractivity contribution in [2.24, 2.45) is 5.73 Å². The largest absolute Gasteiger partial charge is 0.481 e. The summed E-state index contributed by atoms with van der Waals surface area (Å²) in [7, 11) is 1.38. The van der Waals surface area contributed by atoms with E-state index in [9.17, 15) is 8.78 Å². The monoisotopic (exact) mass is 227 g/mol. The molecule has 1 rings (SSSR count). The average molecular weight is 227 g/mol. The van der Waals surface area contributed by atoms with Gasteiger partial charge in [0, 0.05) is 18.2 Å². The summed E-state index contributed by atoms with van der Waals surface area (Å²) in [5.74, 6) is 0.190. The molecule has 0 radical (unpaired) electrons. The van der Waals surface area contributed by atoms with Crippen molar-refractivity contribution < 1.29 is 13.5 Å². The van der Waals surface area contributed by atoms with E-state index in [0.717, 1.165) is 0 Å². The van der Waals surface area contributed by atoms with Crippen LogP contribution >= 0.6 is 0 Å². The summed E-state index contributed by atoms with van der Waals surface area (Å²) < 4.78 is 30.4. The summed E-state index contributed by atoms with van der Waals surface area (Å²) in [6, 6.07) is 3.16. The topological polar surface area (TPSA) is 71.9 Å². The molecule has 0 aliphatic carbocycles. The predicted molar refractivity (Wildman–Crippen MR) is 53.0 cm³/mol. The number of nitrogens with zero attached hydrogens (tertiary/aromatic N) is 2. The third-order valence-corrected chi connectivity index (χ3v) is 2.09. The number of rotatable bonds is 4. The van der Waals surface area contributed by atoms with Crippen molar-refractivity contribution in [2.45, 2.75) is 19.4 Å². The van der Waals surface area contributed by atoms with E-state index in [2.05, 4.69) is 4.98 Å². The second-order valence-electron chi connectivity index (χ2n) is 3.02. The molecule has 2 N–H and O–H groups in total. The molecule has 0 aliphatic rings. The first kappa shape index (κ1) is 12.3. The highest BCUT2D eigenvalue weighted by Gasteiger charge is 2.19. The van der Waals surface area contributed by atoms with Crippen LogP contribution < -0.4 is 10.5 Å². The Morgan fingerprint density at radius 1 is 1.62 bits per heavy atom. The van der Waals surface area contributed by atoms with Crippen LogP contribution in [0.1, 0.15) is 23.2 Å². The zero-order chi connectivity index (χ0) is 12.1. The Morgan fingerprint density at radius 2 is 2.31 bits per heavy atom. The molecule has 0 atom stereocenters. The minimum Gasteiger partial charge on any atom is -0.481 e.